The Morgan fingerprint density at radius 2 is 2.10 bits per heavy atom. The molecule has 1 aliphatic heterocycles. The van der Waals surface area contributed by atoms with Gasteiger partial charge in [0, 0.05) is 13.1 Å². The zero-order chi connectivity index (χ0) is 15.5. The lowest BCUT2D eigenvalue weighted by Crippen LogP contribution is -2.50. The normalized spacial score (nSPS) is 23.6. The molecule has 0 aromatic heterocycles. The summed E-state index contributed by atoms with van der Waals surface area (Å²) in [4.78, 5) is 14.8. The number of hydrogen-bond donors (Lipinski definition) is 1. The number of piperidine rings is 1. The molecule has 1 fully saturated rings. The fraction of sp³-hybridized carbons (Fsp3) is 0.588. The molecule has 116 valence electrons. The summed E-state index contributed by atoms with van der Waals surface area (Å²) in [5.41, 5.74) is 0.640. The minimum absolute atomic E-state index is 0.0400. The van der Waals surface area contributed by atoms with Gasteiger partial charge in [-0.15, -0.1) is 0 Å². The second-order valence-electron chi connectivity index (χ2n) is 6.16. The van der Waals surface area contributed by atoms with Crippen molar-refractivity contribution in [1.82, 2.24) is 10.2 Å². The number of benzene rings is 1. The Hall–Kier alpha value is -1.42. The van der Waals surface area contributed by atoms with E-state index < -0.39 is 0 Å². The quantitative estimate of drug-likeness (QED) is 0.924. The van der Waals surface area contributed by atoms with Gasteiger partial charge in [0.2, 0.25) is 5.91 Å². The van der Waals surface area contributed by atoms with E-state index in [4.69, 9.17) is 0 Å². The van der Waals surface area contributed by atoms with Crippen molar-refractivity contribution in [2.24, 2.45) is 5.41 Å². The Kier molecular flexibility index (Phi) is 4.99. The van der Waals surface area contributed by atoms with Crippen LogP contribution in [0.5, 0.6) is 0 Å². The summed E-state index contributed by atoms with van der Waals surface area (Å²) < 4.78 is 13.1. The number of carbonyl (C=O) groups is 1. The van der Waals surface area contributed by atoms with Crippen molar-refractivity contribution in [3.8, 4) is 0 Å². The predicted octanol–water partition coefficient (Wildman–Crippen LogP) is 3.12. The van der Waals surface area contributed by atoms with Crippen LogP contribution in [0.3, 0.4) is 0 Å². The molecule has 1 aromatic carbocycles. The van der Waals surface area contributed by atoms with Gasteiger partial charge in [-0.05, 0) is 57.9 Å². The molecule has 1 amide bonds. The van der Waals surface area contributed by atoms with Crippen LogP contribution in [0, 0.1) is 11.2 Å². The molecule has 0 radical (unpaired) electrons. The molecular formula is C17H25FN2O. The molecule has 1 N–H and O–H groups in total. The zero-order valence-corrected chi connectivity index (χ0v) is 13.2. The maximum absolute atomic E-state index is 13.1. The van der Waals surface area contributed by atoms with Crippen LogP contribution in [0.1, 0.15) is 45.2 Å². The first-order valence-electron chi connectivity index (χ1n) is 7.75. The van der Waals surface area contributed by atoms with Crippen molar-refractivity contribution in [1.29, 1.82) is 0 Å². The Morgan fingerprint density at radius 3 is 2.62 bits per heavy atom. The lowest BCUT2D eigenvalue weighted by atomic mass is 9.81. The van der Waals surface area contributed by atoms with Crippen molar-refractivity contribution in [2.45, 2.75) is 39.7 Å². The van der Waals surface area contributed by atoms with E-state index in [1.165, 1.54) is 12.1 Å². The Morgan fingerprint density at radius 1 is 1.43 bits per heavy atom. The van der Waals surface area contributed by atoms with Gasteiger partial charge in [-0.2, -0.15) is 0 Å². The van der Waals surface area contributed by atoms with E-state index in [-0.39, 0.29) is 23.2 Å². The predicted molar refractivity (Wildman–Crippen MR) is 82.4 cm³/mol. The zero-order valence-electron chi connectivity index (χ0n) is 13.2. The number of hydrogen-bond acceptors (Lipinski definition) is 2. The van der Waals surface area contributed by atoms with Crippen molar-refractivity contribution in [3.05, 3.63) is 35.6 Å². The highest BCUT2D eigenvalue weighted by Gasteiger charge is 2.38. The van der Waals surface area contributed by atoms with Gasteiger partial charge in [-0.25, -0.2) is 4.39 Å². The van der Waals surface area contributed by atoms with Crippen LogP contribution in [-0.2, 0) is 4.79 Å². The summed E-state index contributed by atoms with van der Waals surface area (Å²) in [7, 11) is 0. The maximum atomic E-state index is 13.1. The average Bonchev–Trinajstić information content (AvgIpc) is 2.49. The monoisotopic (exact) mass is 292 g/mol. The van der Waals surface area contributed by atoms with Crippen LogP contribution >= 0.6 is 0 Å². The van der Waals surface area contributed by atoms with Gasteiger partial charge >= 0.3 is 0 Å². The minimum Gasteiger partial charge on any atom is -0.336 e. The van der Waals surface area contributed by atoms with Crippen molar-refractivity contribution < 1.29 is 9.18 Å². The fourth-order valence-electron chi connectivity index (χ4n) is 3.10. The number of nitrogens with zero attached hydrogens (tertiary/aromatic N) is 1. The summed E-state index contributed by atoms with van der Waals surface area (Å²) in [6.07, 6.45) is 1.95. The van der Waals surface area contributed by atoms with E-state index >= 15 is 0 Å². The highest BCUT2D eigenvalue weighted by atomic mass is 19.1. The molecule has 0 bridgehead atoms. The standard InChI is InChI=1S/C17H25FN2O/c1-4-20(13(2)14-6-8-15(18)9-7-14)16(21)17(3)10-5-11-19-12-17/h6-9,13,19H,4-5,10-12H2,1-3H3. The number of amides is 1. The molecule has 0 spiro atoms. The van der Waals surface area contributed by atoms with Gasteiger partial charge in [0.05, 0.1) is 11.5 Å². The largest absolute Gasteiger partial charge is 0.336 e. The molecular weight excluding hydrogens is 267 g/mol. The molecule has 4 heteroatoms. The van der Waals surface area contributed by atoms with Crippen molar-refractivity contribution in [3.63, 3.8) is 0 Å². The van der Waals surface area contributed by atoms with E-state index in [0.29, 0.717) is 6.54 Å². The summed E-state index contributed by atoms with van der Waals surface area (Å²) in [5.74, 6) is -0.0576. The summed E-state index contributed by atoms with van der Waals surface area (Å²) >= 11 is 0. The van der Waals surface area contributed by atoms with Gasteiger partial charge in [0.15, 0.2) is 0 Å². The van der Waals surface area contributed by atoms with E-state index in [1.54, 1.807) is 12.1 Å². The van der Waals surface area contributed by atoms with Crippen LogP contribution in [0.25, 0.3) is 0 Å². The summed E-state index contributed by atoms with van der Waals surface area (Å²) in [5, 5.41) is 3.32. The fourth-order valence-corrected chi connectivity index (χ4v) is 3.10. The van der Waals surface area contributed by atoms with Crippen molar-refractivity contribution in [2.75, 3.05) is 19.6 Å². The Bertz CT molecular complexity index is 480. The number of carbonyl (C=O) groups excluding carboxylic acids is 1. The Labute approximate surface area is 126 Å². The topological polar surface area (TPSA) is 32.3 Å². The molecule has 1 aromatic rings. The average molecular weight is 292 g/mol. The number of nitrogens with one attached hydrogen (secondary N) is 1. The first-order valence-corrected chi connectivity index (χ1v) is 7.75. The second kappa shape index (κ2) is 6.56. The summed E-state index contributed by atoms with van der Waals surface area (Å²) in [6.45, 7) is 8.43. The van der Waals surface area contributed by atoms with E-state index in [1.807, 2.05) is 25.7 Å². The third-order valence-corrected chi connectivity index (χ3v) is 4.54. The molecule has 0 aliphatic carbocycles. The molecule has 2 rings (SSSR count). The SMILES string of the molecule is CCN(C(=O)C1(C)CCCNC1)C(C)c1ccc(F)cc1. The third kappa shape index (κ3) is 3.43. The smallest absolute Gasteiger partial charge is 0.230 e. The first kappa shape index (κ1) is 16.0. The Balaban J connectivity index is 2.17. The molecule has 1 saturated heterocycles. The molecule has 21 heavy (non-hydrogen) atoms. The van der Waals surface area contributed by atoms with Gasteiger partial charge in [-0.1, -0.05) is 12.1 Å². The van der Waals surface area contributed by atoms with Gasteiger partial charge < -0.3 is 10.2 Å². The van der Waals surface area contributed by atoms with Crippen LogP contribution in [0.15, 0.2) is 24.3 Å². The molecule has 1 heterocycles. The van der Waals surface area contributed by atoms with Gasteiger partial charge in [-0.3, -0.25) is 4.79 Å². The van der Waals surface area contributed by atoms with Crippen LogP contribution in [0.2, 0.25) is 0 Å². The van der Waals surface area contributed by atoms with E-state index in [9.17, 15) is 9.18 Å². The van der Waals surface area contributed by atoms with Crippen molar-refractivity contribution >= 4 is 5.91 Å². The number of rotatable bonds is 4. The lowest BCUT2D eigenvalue weighted by Gasteiger charge is -2.39. The van der Waals surface area contributed by atoms with E-state index in [2.05, 4.69) is 5.32 Å². The maximum Gasteiger partial charge on any atom is 0.230 e. The molecule has 2 atom stereocenters. The van der Waals surface area contributed by atoms with Crippen LogP contribution in [-0.4, -0.2) is 30.4 Å². The van der Waals surface area contributed by atoms with E-state index in [0.717, 1.165) is 31.5 Å². The highest BCUT2D eigenvalue weighted by molar-refractivity contribution is 5.83. The minimum atomic E-state index is -0.331. The summed E-state index contributed by atoms with van der Waals surface area (Å²) in [6, 6.07) is 6.39. The molecule has 1 aliphatic rings. The highest BCUT2D eigenvalue weighted by Crippen LogP contribution is 2.31. The first-order chi connectivity index (χ1) is 9.98. The van der Waals surface area contributed by atoms with Crippen LogP contribution in [0.4, 0.5) is 4.39 Å². The third-order valence-electron chi connectivity index (χ3n) is 4.54. The van der Waals surface area contributed by atoms with Crippen LogP contribution < -0.4 is 5.32 Å². The molecule has 0 saturated carbocycles. The van der Waals surface area contributed by atoms with Gasteiger partial charge in [0.25, 0.3) is 0 Å². The second-order valence-corrected chi connectivity index (χ2v) is 6.16. The number of halogens is 1. The van der Waals surface area contributed by atoms with Gasteiger partial charge in [0.1, 0.15) is 5.82 Å². The molecule has 2 unspecified atom stereocenters. The molecule has 3 nitrogen and oxygen atoms in total. The lowest BCUT2D eigenvalue weighted by molar-refractivity contribution is -0.144.